The highest BCUT2D eigenvalue weighted by atomic mass is 16.5. The zero-order valence-corrected chi connectivity index (χ0v) is 12.8. The zero-order valence-electron chi connectivity index (χ0n) is 12.8. The van der Waals surface area contributed by atoms with Crippen molar-refractivity contribution in [3.8, 4) is 5.75 Å². The third-order valence-electron chi connectivity index (χ3n) is 4.28. The number of nitrogens with one attached hydrogen (secondary N) is 1. The zero-order chi connectivity index (χ0) is 14.5. The fraction of sp³-hybridized carbons (Fsp3) is 0.625. The molecule has 1 N–H and O–H groups in total. The van der Waals surface area contributed by atoms with Gasteiger partial charge in [0.2, 0.25) is 0 Å². The Morgan fingerprint density at radius 1 is 1.19 bits per heavy atom. The summed E-state index contributed by atoms with van der Waals surface area (Å²) in [5, 5.41) is 3.40. The number of nitrogens with zero attached hydrogens (tertiary/aromatic N) is 2. The molecule has 5 nitrogen and oxygen atoms in total. The van der Waals surface area contributed by atoms with Crippen molar-refractivity contribution in [2.24, 2.45) is 0 Å². The van der Waals surface area contributed by atoms with Crippen LogP contribution in [-0.2, 0) is 4.74 Å². The van der Waals surface area contributed by atoms with E-state index >= 15 is 0 Å². The minimum atomic E-state index is 0.353. The summed E-state index contributed by atoms with van der Waals surface area (Å²) in [5.41, 5.74) is 1.28. The van der Waals surface area contributed by atoms with Crippen LogP contribution < -0.4 is 15.0 Å². The predicted molar refractivity (Wildman–Crippen MR) is 84.3 cm³/mol. The number of piperazine rings is 1. The Balaban J connectivity index is 1.47. The predicted octanol–water partition coefficient (Wildman–Crippen LogP) is 0.806. The van der Waals surface area contributed by atoms with Gasteiger partial charge in [-0.1, -0.05) is 0 Å². The maximum Gasteiger partial charge on any atom is 0.119 e. The second-order valence-corrected chi connectivity index (χ2v) is 5.68. The smallest absolute Gasteiger partial charge is 0.119 e. The molecule has 1 unspecified atom stereocenters. The Morgan fingerprint density at radius 3 is 2.57 bits per heavy atom. The molecule has 0 spiro atoms. The number of anilines is 1. The van der Waals surface area contributed by atoms with Gasteiger partial charge in [-0.3, -0.25) is 4.90 Å². The standard InChI is InChI=1S/C16H25N3O2/c1-20-15-4-2-14(3-5-15)19-9-7-18(8-10-19)13-16-12-17-6-11-21-16/h2-5,16-17H,6-13H2,1H3. The van der Waals surface area contributed by atoms with Crippen molar-refractivity contribution in [1.82, 2.24) is 10.2 Å². The van der Waals surface area contributed by atoms with Crippen LogP contribution >= 0.6 is 0 Å². The summed E-state index contributed by atoms with van der Waals surface area (Å²) in [6.07, 6.45) is 0.353. The van der Waals surface area contributed by atoms with Crippen molar-refractivity contribution in [3.05, 3.63) is 24.3 Å². The number of rotatable bonds is 4. The van der Waals surface area contributed by atoms with Crippen LogP contribution in [0.5, 0.6) is 5.75 Å². The van der Waals surface area contributed by atoms with Crippen molar-refractivity contribution in [1.29, 1.82) is 0 Å². The summed E-state index contributed by atoms with van der Waals surface area (Å²) in [6, 6.07) is 8.35. The maximum absolute atomic E-state index is 5.79. The fourth-order valence-corrected chi connectivity index (χ4v) is 3.01. The highest BCUT2D eigenvalue weighted by molar-refractivity contribution is 5.49. The van der Waals surface area contributed by atoms with Gasteiger partial charge in [0.05, 0.1) is 19.8 Å². The lowest BCUT2D eigenvalue weighted by molar-refractivity contribution is 0.00465. The number of hydrogen-bond donors (Lipinski definition) is 1. The quantitative estimate of drug-likeness (QED) is 0.888. The molecule has 2 fully saturated rings. The van der Waals surface area contributed by atoms with E-state index in [9.17, 15) is 0 Å². The molecule has 0 saturated carbocycles. The Kier molecular flexibility index (Phi) is 4.95. The van der Waals surface area contributed by atoms with Crippen LogP contribution in [0.2, 0.25) is 0 Å². The third kappa shape index (κ3) is 3.87. The van der Waals surface area contributed by atoms with E-state index in [2.05, 4.69) is 27.2 Å². The highest BCUT2D eigenvalue weighted by Gasteiger charge is 2.21. The fourth-order valence-electron chi connectivity index (χ4n) is 3.01. The molecular formula is C16H25N3O2. The number of morpholine rings is 1. The van der Waals surface area contributed by atoms with E-state index in [1.54, 1.807) is 7.11 Å². The van der Waals surface area contributed by atoms with E-state index in [0.29, 0.717) is 6.10 Å². The molecule has 1 atom stereocenters. The SMILES string of the molecule is COc1ccc(N2CCN(CC3CNCCO3)CC2)cc1. The van der Waals surface area contributed by atoms with Crippen LogP contribution in [0.4, 0.5) is 5.69 Å². The lowest BCUT2D eigenvalue weighted by Crippen LogP contribution is -2.51. The molecule has 3 rings (SSSR count). The Morgan fingerprint density at radius 2 is 1.95 bits per heavy atom. The number of ether oxygens (including phenoxy) is 2. The average molecular weight is 291 g/mol. The first-order valence-electron chi connectivity index (χ1n) is 7.79. The van der Waals surface area contributed by atoms with Crippen LogP contribution in [-0.4, -0.2) is 70.5 Å². The largest absolute Gasteiger partial charge is 0.497 e. The number of methoxy groups -OCH3 is 1. The van der Waals surface area contributed by atoms with Crippen molar-refractivity contribution >= 4 is 5.69 Å². The normalized spacial score (nSPS) is 24.0. The molecular weight excluding hydrogens is 266 g/mol. The maximum atomic E-state index is 5.79. The van der Waals surface area contributed by atoms with E-state index < -0.39 is 0 Å². The number of benzene rings is 1. The molecule has 116 valence electrons. The van der Waals surface area contributed by atoms with Gasteiger partial charge in [0, 0.05) is 51.5 Å². The third-order valence-corrected chi connectivity index (χ3v) is 4.28. The molecule has 0 aromatic heterocycles. The molecule has 0 bridgehead atoms. The van der Waals surface area contributed by atoms with Gasteiger partial charge in [0.15, 0.2) is 0 Å². The summed E-state index contributed by atoms with van der Waals surface area (Å²) in [7, 11) is 1.70. The first-order chi connectivity index (χ1) is 10.3. The van der Waals surface area contributed by atoms with Gasteiger partial charge in [-0.25, -0.2) is 0 Å². The molecule has 2 heterocycles. The van der Waals surface area contributed by atoms with E-state index in [0.717, 1.165) is 58.2 Å². The summed E-state index contributed by atoms with van der Waals surface area (Å²) in [4.78, 5) is 4.95. The van der Waals surface area contributed by atoms with Crippen LogP contribution in [0.1, 0.15) is 0 Å². The van der Waals surface area contributed by atoms with Gasteiger partial charge in [0.25, 0.3) is 0 Å². The minimum absolute atomic E-state index is 0.353. The van der Waals surface area contributed by atoms with Crippen molar-refractivity contribution in [2.45, 2.75) is 6.10 Å². The molecule has 2 saturated heterocycles. The lowest BCUT2D eigenvalue weighted by Gasteiger charge is -2.38. The Bertz CT molecular complexity index is 424. The van der Waals surface area contributed by atoms with E-state index in [1.165, 1.54) is 5.69 Å². The second-order valence-electron chi connectivity index (χ2n) is 5.68. The van der Waals surface area contributed by atoms with Crippen LogP contribution in [0.3, 0.4) is 0 Å². The Hall–Kier alpha value is -1.30. The minimum Gasteiger partial charge on any atom is -0.497 e. The molecule has 2 aliphatic heterocycles. The van der Waals surface area contributed by atoms with Crippen molar-refractivity contribution in [2.75, 3.05) is 64.4 Å². The Labute approximate surface area is 126 Å². The van der Waals surface area contributed by atoms with Crippen LogP contribution in [0.25, 0.3) is 0 Å². The highest BCUT2D eigenvalue weighted by Crippen LogP contribution is 2.20. The first kappa shape index (κ1) is 14.6. The van der Waals surface area contributed by atoms with Crippen molar-refractivity contribution in [3.63, 3.8) is 0 Å². The summed E-state index contributed by atoms with van der Waals surface area (Å²) < 4.78 is 11.0. The molecule has 0 radical (unpaired) electrons. The lowest BCUT2D eigenvalue weighted by atomic mass is 10.2. The summed E-state index contributed by atoms with van der Waals surface area (Å²) in [6.45, 7) is 8.22. The van der Waals surface area contributed by atoms with Gasteiger partial charge in [-0.15, -0.1) is 0 Å². The first-order valence-corrected chi connectivity index (χ1v) is 7.79. The molecule has 0 amide bonds. The molecule has 1 aromatic rings. The average Bonchev–Trinajstić information content (AvgIpc) is 2.57. The number of hydrogen-bond acceptors (Lipinski definition) is 5. The van der Waals surface area contributed by atoms with Gasteiger partial charge in [-0.2, -0.15) is 0 Å². The topological polar surface area (TPSA) is 37.0 Å². The van der Waals surface area contributed by atoms with E-state index in [1.807, 2.05) is 12.1 Å². The molecule has 5 heteroatoms. The molecule has 1 aromatic carbocycles. The molecule has 2 aliphatic rings. The summed E-state index contributed by atoms with van der Waals surface area (Å²) >= 11 is 0. The van der Waals surface area contributed by atoms with Gasteiger partial charge in [-0.05, 0) is 24.3 Å². The van der Waals surface area contributed by atoms with E-state index in [4.69, 9.17) is 9.47 Å². The monoisotopic (exact) mass is 291 g/mol. The second kappa shape index (κ2) is 7.11. The van der Waals surface area contributed by atoms with Gasteiger partial charge in [0.1, 0.15) is 5.75 Å². The van der Waals surface area contributed by atoms with Crippen LogP contribution in [0.15, 0.2) is 24.3 Å². The summed E-state index contributed by atoms with van der Waals surface area (Å²) in [5.74, 6) is 0.916. The van der Waals surface area contributed by atoms with Gasteiger partial charge >= 0.3 is 0 Å². The molecule has 0 aliphatic carbocycles. The molecule has 21 heavy (non-hydrogen) atoms. The van der Waals surface area contributed by atoms with Crippen molar-refractivity contribution < 1.29 is 9.47 Å². The van der Waals surface area contributed by atoms with Gasteiger partial charge < -0.3 is 19.7 Å². The van der Waals surface area contributed by atoms with Crippen LogP contribution in [0, 0.1) is 0 Å². The van der Waals surface area contributed by atoms with E-state index in [-0.39, 0.29) is 0 Å².